The largest absolute Gasteiger partial charge is 0.497 e. The number of carbonyl (C=O) groups excluding carboxylic acids is 2. The van der Waals surface area contributed by atoms with Crippen molar-refractivity contribution < 1.29 is 19.1 Å². The first kappa shape index (κ1) is 19.0. The Morgan fingerprint density at radius 2 is 1.70 bits per heavy atom. The van der Waals surface area contributed by atoms with Gasteiger partial charge < -0.3 is 14.4 Å². The minimum absolute atomic E-state index is 0.113. The van der Waals surface area contributed by atoms with E-state index in [1.807, 2.05) is 36.4 Å². The molecular formula is C22H25NO4. The molecule has 142 valence electrons. The predicted molar refractivity (Wildman–Crippen MR) is 106 cm³/mol. The van der Waals surface area contributed by atoms with Gasteiger partial charge in [0.25, 0.3) is 5.91 Å². The normalized spacial score (nSPS) is 14.9. The molecule has 0 N–H and O–H groups in total. The van der Waals surface area contributed by atoms with Gasteiger partial charge in [0.2, 0.25) is 0 Å². The number of esters is 1. The second kappa shape index (κ2) is 9.21. The molecule has 0 radical (unpaired) electrons. The van der Waals surface area contributed by atoms with Crippen LogP contribution in [0.3, 0.4) is 0 Å². The van der Waals surface area contributed by atoms with E-state index in [2.05, 4.69) is 0 Å². The highest BCUT2D eigenvalue weighted by Gasteiger charge is 2.16. The number of hydrogen-bond donors (Lipinski definition) is 0. The van der Waals surface area contributed by atoms with Crippen molar-refractivity contribution in [2.24, 2.45) is 0 Å². The molecule has 0 spiro atoms. The molecule has 5 nitrogen and oxygen atoms in total. The molecule has 27 heavy (non-hydrogen) atoms. The van der Waals surface area contributed by atoms with Crippen LogP contribution in [0.4, 0.5) is 0 Å². The second-order valence-electron chi connectivity index (χ2n) is 6.71. The van der Waals surface area contributed by atoms with Crippen molar-refractivity contribution in [1.29, 1.82) is 0 Å². The van der Waals surface area contributed by atoms with E-state index in [0.29, 0.717) is 0 Å². The fraction of sp³-hybridized carbons (Fsp3) is 0.364. The van der Waals surface area contributed by atoms with Crippen LogP contribution < -0.4 is 4.74 Å². The van der Waals surface area contributed by atoms with Crippen LogP contribution in [0, 0.1) is 0 Å². The van der Waals surface area contributed by atoms with Crippen molar-refractivity contribution in [3.63, 3.8) is 0 Å². The van der Waals surface area contributed by atoms with Crippen molar-refractivity contribution >= 4 is 28.7 Å². The number of benzene rings is 2. The lowest BCUT2D eigenvalue weighted by atomic mass is 10.1. The van der Waals surface area contributed by atoms with Crippen molar-refractivity contribution in [1.82, 2.24) is 4.90 Å². The van der Waals surface area contributed by atoms with Crippen molar-refractivity contribution in [3.05, 3.63) is 48.0 Å². The SMILES string of the molecule is COc1ccc2cc(/C=C/C(=O)OCC(=O)N3CCCCCC3)ccc2c1. The molecule has 1 saturated heterocycles. The number of methoxy groups -OCH3 is 1. The lowest BCUT2D eigenvalue weighted by Crippen LogP contribution is -2.35. The zero-order valence-electron chi connectivity index (χ0n) is 15.6. The number of hydrogen-bond acceptors (Lipinski definition) is 4. The van der Waals surface area contributed by atoms with Gasteiger partial charge in [-0.2, -0.15) is 0 Å². The Balaban J connectivity index is 1.54. The number of amides is 1. The van der Waals surface area contributed by atoms with Crippen molar-refractivity contribution in [2.45, 2.75) is 25.7 Å². The van der Waals surface area contributed by atoms with E-state index in [1.54, 1.807) is 18.1 Å². The Morgan fingerprint density at radius 1 is 1.00 bits per heavy atom. The number of fused-ring (bicyclic) bond motifs is 1. The summed E-state index contributed by atoms with van der Waals surface area (Å²) in [5.41, 5.74) is 0.892. The molecule has 0 unspecified atom stereocenters. The summed E-state index contributed by atoms with van der Waals surface area (Å²) in [6.07, 6.45) is 7.42. The first-order valence-corrected chi connectivity index (χ1v) is 9.36. The fourth-order valence-corrected chi connectivity index (χ4v) is 3.23. The number of likely N-dealkylation sites (tertiary alicyclic amines) is 1. The average molecular weight is 367 g/mol. The van der Waals surface area contributed by atoms with Gasteiger partial charge in [-0.25, -0.2) is 4.79 Å². The number of carbonyl (C=O) groups is 2. The molecule has 1 fully saturated rings. The predicted octanol–water partition coefficient (Wildman–Crippen LogP) is 3.81. The summed E-state index contributed by atoms with van der Waals surface area (Å²) in [4.78, 5) is 25.9. The summed E-state index contributed by atoms with van der Waals surface area (Å²) in [5, 5.41) is 2.12. The van der Waals surface area contributed by atoms with Crippen LogP contribution in [0.15, 0.2) is 42.5 Å². The summed E-state index contributed by atoms with van der Waals surface area (Å²) < 4.78 is 10.3. The smallest absolute Gasteiger partial charge is 0.331 e. The molecule has 1 amide bonds. The highest BCUT2D eigenvalue weighted by molar-refractivity contribution is 5.91. The van der Waals surface area contributed by atoms with Crippen molar-refractivity contribution in [2.75, 3.05) is 26.8 Å². The van der Waals surface area contributed by atoms with Gasteiger partial charge in [0.05, 0.1) is 7.11 Å². The van der Waals surface area contributed by atoms with Crippen LogP contribution in [0.1, 0.15) is 31.2 Å². The number of nitrogens with zero attached hydrogens (tertiary/aromatic N) is 1. The Hall–Kier alpha value is -2.82. The maximum atomic E-state index is 12.1. The van der Waals surface area contributed by atoms with Crippen LogP contribution in [-0.4, -0.2) is 43.6 Å². The summed E-state index contributed by atoms with van der Waals surface area (Å²) in [6, 6.07) is 11.7. The van der Waals surface area contributed by atoms with E-state index in [0.717, 1.165) is 60.9 Å². The van der Waals surface area contributed by atoms with E-state index in [4.69, 9.17) is 9.47 Å². The Morgan fingerprint density at radius 3 is 2.44 bits per heavy atom. The molecule has 2 aromatic rings. The van der Waals surface area contributed by atoms with Gasteiger partial charge in [-0.1, -0.05) is 31.0 Å². The van der Waals surface area contributed by atoms with Gasteiger partial charge >= 0.3 is 5.97 Å². The summed E-state index contributed by atoms with van der Waals surface area (Å²) >= 11 is 0. The van der Waals surface area contributed by atoms with Crippen LogP contribution in [0.2, 0.25) is 0 Å². The molecule has 0 bridgehead atoms. The van der Waals surface area contributed by atoms with Gasteiger partial charge in [-0.3, -0.25) is 4.79 Å². The van der Waals surface area contributed by atoms with E-state index in [9.17, 15) is 9.59 Å². The van der Waals surface area contributed by atoms with Crippen LogP contribution in [0.25, 0.3) is 16.8 Å². The Labute approximate surface area is 159 Å². The maximum Gasteiger partial charge on any atom is 0.331 e. The molecule has 2 aromatic carbocycles. The summed E-state index contributed by atoms with van der Waals surface area (Å²) in [7, 11) is 1.64. The average Bonchev–Trinajstić information content (AvgIpc) is 2.99. The first-order valence-electron chi connectivity index (χ1n) is 9.36. The zero-order chi connectivity index (χ0) is 19.1. The highest BCUT2D eigenvalue weighted by atomic mass is 16.5. The van der Waals surface area contributed by atoms with Crippen molar-refractivity contribution in [3.8, 4) is 5.75 Å². The monoisotopic (exact) mass is 367 g/mol. The minimum Gasteiger partial charge on any atom is -0.497 e. The molecular weight excluding hydrogens is 342 g/mol. The topological polar surface area (TPSA) is 55.8 Å². The van der Waals surface area contributed by atoms with E-state index in [-0.39, 0.29) is 12.5 Å². The van der Waals surface area contributed by atoms with E-state index in [1.165, 1.54) is 6.08 Å². The van der Waals surface area contributed by atoms with Gasteiger partial charge in [0.15, 0.2) is 6.61 Å². The third kappa shape index (κ3) is 5.33. The molecule has 5 heteroatoms. The zero-order valence-corrected chi connectivity index (χ0v) is 15.6. The van der Waals surface area contributed by atoms with Gasteiger partial charge in [0.1, 0.15) is 5.75 Å². The Bertz CT molecular complexity index is 835. The van der Waals surface area contributed by atoms with Crippen LogP contribution in [0.5, 0.6) is 5.75 Å². The third-order valence-corrected chi connectivity index (χ3v) is 4.78. The molecule has 0 saturated carbocycles. The van der Waals surface area contributed by atoms with Crippen LogP contribution in [-0.2, 0) is 14.3 Å². The lowest BCUT2D eigenvalue weighted by molar-refractivity contribution is -0.148. The lowest BCUT2D eigenvalue weighted by Gasteiger charge is -2.19. The first-order chi connectivity index (χ1) is 13.2. The second-order valence-corrected chi connectivity index (χ2v) is 6.71. The quantitative estimate of drug-likeness (QED) is 0.596. The molecule has 1 aliphatic rings. The Kier molecular flexibility index (Phi) is 6.47. The van der Waals surface area contributed by atoms with Gasteiger partial charge in [-0.05, 0) is 53.5 Å². The molecule has 0 atom stereocenters. The molecule has 0 aliphatic carbocycles. The molecule has 1 aliphatic heterocycles. The molecule has 1 heterocycles. The standard InChI is InChI=1S/C22H25NO4/c1-26-20-10-9-18-14-17(6-8-19(18)15-20)7-11-22(25)27-16-21(24)23-12-4-2-3-5-13-23/h6-11,14-15H,2-5,12-13,16H2,1H3/b11-7+. The van der Waals surface area contributed by atoms with E-state index < -0.39 is 5.97 Å². The summed E-state index contributed by atoms with van der Waals surface area (Å²) in [6.45, 7) is 1.32. The maximum absolute atomic E-state index is 12.1. The van der Waals surface area contributed by atoms with Gasteiger partial charge in [0, 0.05) is 19.2 Å². The number of rotatable bonds is 5. The molecule has 0 aromatic heterocycles. The molecule has 3 rings (SSSR count). The highest BCUT2D eigenvalue weighted by Crippen LogP contribution is 2.22. The third-order valence-electron chi connectivity index (χ3n) is 4.78. The minimum atomic E-state index is -0.506. The number of ether oxygens (including phenoxy) is 2. The van der Waals surface area contributed by atoms with E-state index >= 15 is 0 Å². The van der Waals surface area contributed by atoms with Crippen LogP contribution >= 0.6 is 0 Å². The fourth-order valence-electron chi connectivity index (χ4n) is 3.23. The van der Waals surface area contributed by atoms with Gasteiger partial charge in [-0.15, -0.1) is 0 Å². The summed E-state index contributed by atoms with van der Waals surface area (Å²) in [5.74, 6) is 0.190.